The van der Waals surface area contributed by atoms with Gasteiger partial charge in [0.1, 0.15) is 0 Å². The van der Waals surface area contributed by atoms with E-state index in [1.54, 1.807) is 42.5 Å². The van der Waals surface area contributed by atoms with E-state index in [1.165, 1.54) is 29.5 Å². The van der Waals surface area contributed by atoms with Crippen molar-refractivity contribution in [2.75, 3.05) is 16.4 Å². The maximum atomic E-state index is 13.1. The molecule has 0 aliphatic carbocycles. The molecule has 0 spiro atoms. The second-order valence-corrected chi connectivity index (χ2v) is 9.12. The van der Waals surface area contributed by atoms with Crippen molar-refractivity contribution in [1.82, 2.24) is 4.98 Å². The van der Waals surface area contributed by atoms with Gasteiger partial charge in [-0.3, -0.25) is 9.59 Å². The SMILES string of the molecule is O=C(CSc1nc2ccc(NC(=O)c3ccccc3)cc2s1)Nc1ccccc1C(F)(F)F. The maximum Gasteiger partial charge on any atom is 0.418 e. The second-order valence-electron chi connectivity index (χ2n) is 6.86. The topological polar surface area (TPSA) is 71.1 Å². The van der Waals surface area contributed by atoms with Crippen LogP contribution in [0.4, 0.5) is 24.5 Å². The highest BCUT2D eigenvalue weighted by molar-refractivity contribution is 8.01. The minimum Gasteiger partial charge on any atom is -0.325 e. The number of benzene rings is 3. The van der Waals surface area contributed by atoms with Crippen LogP contribution in [0.25, 0.3) is 10.2 Å². The molecule has 0 fully saturated rings. The van der Waals surface area contributed by atoms with Gasteiger partial charge in [-0.25, -0.2) is 4.98 Å². The van der Waals surface area contributed by atoms with Crippen LogP contribution >= 0.6 is 23.1 Å². The van der Waals surface area contributed by atoms with Crippen molar-refractivity contribution in [1.29, 1.82) is 0 Å². The molecular weight excluding hydrogens is 471 g/mol. The van der Waals surface area contributed by atoms with Crippen molar-refractivity contribution < 1.29 is 22.8 Å². The number of anilines is 2. The van der Waals surface area contributed by atoms with Gasteiger partial charge in [-0.1, -0.05) is 42.1 Å². The van der Waals surface area contributed by atoms with E-state index in [2.05, 4.69) is 15.6 Å². The number of nitrogens with zero attached hydrogens (tertiary/aromatic N) is 1. The van der Waals surface area contributed by atoms with E-state index in [9.17, 15) is 22.8 Å². The van der Waals surface area contributed by atoms with Gasteiger partial charge >= 0.3 is 6.18 Å². The second kappa shape index (κ2) is 9.63. The number of rotatable bonds is 6. The van der Waals surface area contributed by atoms with Gasteiger partial charge in [-0.2, -0.15) is 13.2 Å². The molecule has 0 atom stereocenters. The molecule has 1 heterocycles. The number of nitrogens with one attached hydrogen (secondary N) is 2. The lowest BCUT2D eigenvalue weighted by Crippen LogP contribution is -2.18. The van der Waals surface area contributed by atoms with Crippen LogP contribution in [0.15, 0.2) is 77.1 Å². The van der Waals surface area contributed by atoms with Crippen molar-refractivity contribution in [3.05, 3.63) is 83.9 Å². The van der Waals surface area contributed by atoms with Gasteiger partial charge in [0.25, 0.3) is 5.91 Å². The first-order chi connectivity index (χ1) is 15.8. The minimum atomic E-state index is -4.56. The summed E-state index contributed by atoms with van der Waals surface area (Å²) in [5.41, 5.74) is 0.671. The first-order valence-electron chi connectivity index (χ1n) is 9.65. The highest BCUT2D eigenvalue weighted by atomic mass is 32.2. The number of carbonyl (C=O) groups excluding carboxylic acids is 2. The molecule has 0 saturated heterocycles. The Bertz CT molecular complexity index is 1310. The Balaban J connectivity index is 1.40. The lowest BCUT2D eigenvalue weighted by molar-refractivity contribution is -0.137. The van der Waals surface area contributed by atoms with E-state index in [0.717, 1.165) is 22.5 Å². The highest BCUT2D eigenvalue weighted by Gasteiger charge is 2.33. The summed E-state index contributed by atoms with van der Waals surface area (Å²) in [6.45, 7) is 0. The molecule has 1 aromatic heterocycles. The van der Waals surface area contributed by atoms with Crippen molar-refractivity contribution in [3.8, 4) is 0 Å². The Morgan fingerprint density at radius 2 is 1.67 bits per heavy atom. The number of hydrogen-bond acceptors (Lipinski definition) is 5. The first-order valence-corrected chi connectivity index (χ1v) is 11.5. The third-order valence-corrected chi connectivity index (χ3v) is 6.66. The average Bonchev–Trinajstić information content (AvgIpc) is 3.20. The third-order valence-electron chi connectivity index (χ3n) is 4.50. The number of carbonyl (C=O) groups is 2. The number of para-hydroxylation sites is 1. The highest BCUT2D eigenvalue weighted by Crippen LogP contribution is 2.35. The van der Waals surface area contributed by atoms with Crippen molar-refractivity contribution in [2.45, 2.75) is 10.5 Å². The number of amides is 2. The van der Waals surface area contributed by atoms with E-state index in [0.29, 0.717) is 21.1 Å². The smallest absolute Gasteiger partial charge is 0.325 e. The Labute approximate surface area is 195 Å². The number of fused-ring (bicyclic) bond motifs is 1. The molecule has 10 heteroatoms. The summed E-state index contributed by atoms with van der Waals surface area (Å²) in [5, 5.41) is 5.15. The molecular formula is C23H16F3N3O2S2. The normalized spacial score (nSPS) is 11.4. The van der Waals surface area contributed by atoms with Crippen molar-refractivity contribution in [2.24, 2.45) is 0 Å². The lowest BCUT2D eigenvalue weighted by atomic mass is 10.1. The average molecular weight is 488 g/mol. The molecule has 0 unspecified atom stereocenters. The van der Waals surface area contributed by atoms with Crippen LogP contribution in [-0.2, 0) is 11.0 Å². The minimum absolute atomic E-state index is 0.0936. The van der Waals surface area contributed by atoms with Gasteiger partial charge < -0.3 is 10.6 Å². The molecule has 4 aromatic rings. The number of aromatic nitrogens is 1. The quantitative estimate of drug-likeness (QED) is 0.313. The molecule has 3 aromatic carbocycles. The zero-order valence-corrected chi connectivity index (χ0v) is 18.5. The summed E-state index contributed by atoms with van der Waals surface area (Å²) < 4.78 is 40.7. The lowest BCUT2D eigenvalue weighted by Gasteiger charge is -2.13. The summed E-state index contributed by atoms with van der Waals surface area (Å²) in [5.74, 6) is -0.888. The predicted octanol–water partition coefficient (Wildman–Crippen LogP) is 6.30. The van der Waals surface area contributed by atoms with E-state index in [1.807, 2.05) is 6.07 Å². The predicted molar refractivity (Wildman–Crippen MR) is 125 cm³/mol. The van der Waals surface area contributed by atoms with Gasteiger partial charge in [-0.05, 0) is 42.5 Å². The van der Waals surface area contributed by atoms with E-state index >= 15 is 0 Å². The van der Waals surface area contributed by atoms with Crippen LogP contribution < -0.4 is 10.6 Å². The van der Waals surface area contributed by atoms with E-state index < -0.39 is 17.6 Å². The zero-order valence-electron chi connectivity index (χ0n) is 16.8. The fourth-order valence-electron chi connectivity index (χ4n) is 2.99. The molecule has 0 bridgehead atoms. The van der Waals surface area contributed by atoms with Crippen LogP contribution in [0.5, 0.6) is 0 Å². The molecule has 168 valence electrons. The number of halogens is 3. The Kier molecular flexibility index (Phi) is 6.66. The van der Waals surface area contributed by atoms with Crippen LogP contribution in [0.2, 0.25) is 0 Å². The molecule has 0 aliphatic rings. The van der Waals surface area contributed by atoms with Gasteiger partial charge in [0.05, 0.1) is 27.2 Å². The number of alkyl halides is 3. The zero-order chi connectivity index (χ0) is 23.4. The Hall–Kier alpha value is -3.37. The third kappa shape index (κ3) is 5.71. The largest absolute Gasteiger partial charge is 0.418 e. The van der Waals surface area contributed by atoms with Crippen LogP contribution in [-0.4, -0.2) is 22.6 Å². The van der Waals surface area contributed by atoms with Crippen LogP contribution in [0.3, 0.4) is 0 Å². The first kappa shape index (κ1) is 22.8. The van der Waals surface area contributed by atoms with Crippen molar-refractivity contribution in [3.63, 3.8) is 0 Å². The van der Waals surface area contributed by atoms with Gasteiger partial charge in [0.15, 0.2) is 4.34 Å². The molecule has 0 radical (unpaired) electrons. The Morgan fingerprint density at radius 1 is 0.939 bits per heavy atom. The monoisotopic (exact) mass is 487 g/mol. The molecule has 2 amide bonds. The number of thiazole rings is 1. The summed E-state index contributed by atoms with van der Waals surface area (Å²) >= 11 is 2.46. The summed E-state index contributed by atoms with van der Waals surface area (Å²) in [6.07, 6.45) is -4.56. The van der Waals surface area contributed by atoms with Gasteiger partial charge in [0.2, 0.25) is 5.91 Å². The van der Waals surface area contributed by atoms with Gasteiger partial charge in [-0.15, -0.1) is 11.3 Å². The molecule has 2 N–H and O–H groups in total. The molecule has 33 heavy (non-hydrogen) atoms. The number of hydrogen-bond donors (Lipinski definition) is 2. The number of thioether (sulfide) groups is 1. The molecule has 0 saturated carbocycles. The fraction of sp³-hybridized carbons (Fsp3) is 0.0870. The fourth-order valence-corrected chi connectivity index (χ4v) is 4.90. The van der Waals surface area contributed by atoms with Gasteiger partial charge in [0, 0.05) is 11.3 Å². The van der Waals surface area contributed by atoms with E-state index in [4.69, 9.17) is 0 Å². The Morgan fingerprint density at radius 3 is 2.42 bits per heavy atom. The maximum absolute atomic E-state index is 13.1. The molecule has 5 nitrogen and oxygen atoms in total. The summed E-state index contributed by atoms with van der Waals surface area (Å²) in [6, 6.07) is 18.9. The molecule has 4 rings (SSSR count). The van der Waals surface area contributed by atoms with Crippen LogP contribution in [0.1, 0.15) is 15.9 Å². The van der Waals surface area contributed by atoms with E-state index in [-0.39, 0.29) is 17.3 Å². The standard InChI is InChI=1S/C23H16F3N3O2S2/c24-23(25,26)16-8-4-5-9-17(16)28-20(30)13-32-22-29-18-11-10-15(12-19(18)33-22)27-21(31)14-6-2-1-3-7-14/h1-12H,13H2,(H,27,31)(H,28,30). The van der Waals surface area contributed by atoms with Crippen molar-refractivity contribution >= 4 is 56.5 Å². The molecule has 0 aliphatic heterocycles. The summed E-state index contributed by atoms with van der Waals surface area (Å²) in [7, 11) is 0. The van der Waals surface area contributed by atoms with Crippen LogP contribution in [0, 0.1) is 0 Å². The summed E-state index contributed by atoms with van der Waals surface area (Å²) in [4.78, 5) is 29.0.